The number of pyridine rings is 1. The van der Waals surface area contributed by atoms with E-state index in [1.54, 1.807) is 0 Å². The second kappa shape index (κ2) is 8.01. The van der Waals surface area contributed by atoms with Gasteiger partial charge in [-0.1, -0.05) is 12.1 Å². The fraction of sp³-hybridized carbons (Fsp3) is 0.481. The molecule has 1 atom stereocenters. The van der Waals surface area contributed by atoms with Crippen molar-refractivity contribution in [1.29, 1.82) is 0 Å². The van der Waals surface area contributed by atoms with E-state index in [9.17, 15) is 8.78 Å². The first-order valence-corrected chi connectivity index (χ1v) is 12.5. The fourth-order valence-corrected chi connectivity index (χ4v) is 6.52. The van der Waals surface area contributed by atoms with Gasteiger partial charge in [0.2, 0.25) is 5.92 Å². The third-order valence-electron chi connectivity index (χ3n) is 8.40. The smallest absolute Gasteiger partial charge is 0.249 e. The number of likely N-dealkylation sites (tertiary alicyclic amines) is 1. The highest BCUT2D eigenvalue weighted by Gasteiger charge is 2.58. The molecule has 0 amide bonds. The summed E-state index contributed by atoms with van der Waals surface area (Å²) >= 11 is 0. The van der Waals surface area contributed by atoms with Gasteiger partial charge >= 0.3 is 0 Å². The number of H-pyrrole nitrogens is 1. The molecule has 3 aliphatic rings. The molecule has 3 heterocycles. The van der Waals surface area contributed by atoms with E-state index in [0.29, 0.717) is 18.0 Å². The molecule has 35 heavy (non-hydrogen) atoms. The van der Waals surface area contributed by atoms with Gasteiger partial charge in [-0.15, -0.1) is 0 Å². The van der Waals surface area contributed by atoms with Gasteiger partial charge < -0.3 is 16.6 Å². The third kappa shape index (κ3) is 3.97. The van der Waals surface area contributed by atoms with E-state index in [1.165, 1.54) is 40.4 Å². The summed E-state index contributed by atoms with van der Waals surface area (Å²) in [4.78, 5) is 10.4. The van der Waals surface area contributed by atoms with Crippen molar-refractivity contribution in [3.05, 3.63) is 64.6 Å². The molecule has 0 radical (unpaired) electrons. The van der Waals surface area contributed by atoms with E-state index in [-0.39, 0.29) is 30.1 Å². The number of nitrogens with two attached hydrogens (primary N) is 2. The van der Waals surface area contributed by atoms with Crippen molar-refractivity contribution in [3.8, 4) is 0 Å². The molecule has 1 unspecified atom stereocenters. The van der Waals surface area contributed by atoms with Crippen LogP contribution in [0.2, 0.25) is 0 Å². The molecule has 1 spiro atoms. The number of amidine groups is 1. The zero-order chi connectivity index (χ0) is 24.4. The Morgan fingerprint density at radius 1 is 1.26 bits per heavy atom. The minimum Gasteiger partial charge on any atom is -0.380 e. The standard InChI is InChI=1S/C27H32F2N6/c1-16-10-20(17-2-3-17)21(19-6-8-32-24(16)19)13-35-9-7-26(14-27(28,29)15-26)11-23(35)18-4-5-22(33-12-18)25(30)34-31/h4-6,8,10,12,17,23,32H,2-3,7,9,11,13-15,31H2,1H3,(H2,30,34). The van der Waals surface area contributed by atoms with Gasteiger partial charge in [-0.3, -0.25) is 9.88 Å². The number of fused-ring (bicyclic) bond motifs is 1. The topological polar surface area (TPSA) is 96.3 Å². The maximum atomic E-state index is 14.0. The summed E-state index contributed by atoms with van der Waals surface area (Å²) in [5, 5.41) is 4.81. The van der Waals surface area contributed by atoms with E-state index in [2.05, 4.69) is 39.0 Å². The zero-order valence-electron chi connectivity index (χ0n) is 20.0. The Balaban J connectivity index is 1.36. The van der Waals surface area contributed by atoms with Gasteiger partial charge in [-0.05, 0) is 84.9 Å². The first kappa shape index (κ1) is 22.5. The van der Waals surface area contributed by atoms with Gasteiger partial charge in [0, 0.05) is 48.7 Å². The summed E-state index contributed by atoms with van der Waals surface area (Å²) in [6, 6.07) is 8.37. The average Bonchev–Trinajstić information content (AvgIpc) is 3.55. The van der Waals surface area contributed by atoms with E-state index >= 15 is 0 Å². The molecule has 2 aromatic heterocycles. The summed E-state index contributed by atoms with van der Waals surface area (Å²) in [6.07, 6.45) is 7.79. The molecule has 0 bridgehead atoms. The predicted molar refractivity (Wildman–Crippen MR) is 133 cm³/mol. The Bertz CT molecular complexity index is 1280. The molecule has 3 fully saturated rings. The predicted octanol–water partition coefficient (Wildman–Crippen LogP) is 5.08. The lowest BCUT2D eigenvalue weighted by Crippen LogP contribution is -2.53. The van der Waals surface area contributed by atoms with Gasteiger partial charge in [0.15, 0.2) is 5.84 Å². The summed E-state index contributed by atoms with van der Waals surface area (Å²) < 4.78 is 28.0. The molecule has 1 aromatic carbocycles. The van der Waals surface area contributed by atoms with Gasteiger partial charge in [0.05, 0.1) is 0 Å². The van der Waals surface area contributed by atoms with Crippen LogP contribution >= 0.6 is 0 Å². The van der Waals surface area contributed by atoms with Crippen molar-refractivity contribution < 1.29 is 8.78 Å². The lowest BCUT2D eigenvalue weighted by molar-refractivity contribution is -0.186. The van der Waals surface area contributed by atoms with E-state index < -0.39 is 5.92 Å². The molecule has 6 nitrogen and oxygen atoms in total. The van der Waals surface area contributed by atoms with Crippen LogP contribution in [-0.4, -0.2) is 33.2 Å². The van der Waals surface area contributed by atoms with Crippen LogP contribution < -0.4 is 11.6 Å². The Kier molecular flexibility index (Phi) is 5.14. The second-order valence-electron chi connectivity index (χ2n) is 10.9. The number of benzene rings is 1. The maximum absolute atomic E-state index is 14.0. The first-order valence-electron chi connectivity index (χ1n) is 12.5. The van der Waals surface area contributed by atoms with E-state index in [1.807, 2.05) is 24.5 Å². The molecule has 3 aromatic rings. The Hall–Kier alpha value is -3.00. The van der Waals surface area contributed by atoms with Crippen LogP contribution in [0.25, 0.3) is 10.9 Å². The fourth-order valence-electron chi connectivity index (χ4n) is 6.52. The SMILES string of the molecule is Cc1cc(C2CC2)c(CN2CCC3(CC2c2ccc(/C(N)=N/N)nc2)CC(F)(F)C3)c2cc[nH]c12. The Labute approximate surface area is 203 Å². The number of hydrogen-bond acceptors (Lipinski definition) is 4. The van der Waals surface area contributed by atoms with Crippen molar-refractivity contribution >= 4 is 16.7 Å². The Morgan fingerprint density at radius 3 is 2.71 bits per heavy atom. The van der Waals surface area contributed by atoms with Crippen molar-refractivity contribution in [2.45, 2.75) is 69.9 Å². The molecule has 8 heteroatoms. The van der Waals surface area contributed by atoms with Crippen molar-refractivity contribution in [2.24, 2.45) is 22.1 Å². The molecule has 184 valence electrons. The first-order chi connectivity index (χ1) is 16.8. The quantitative estimate of drug-likeness (QED) is 0.206. The Morgan fingerprint density at radius 2 is 2.06 bits per heavy atom. The third-order valence-corrected chi connectivity index (χ3v) is 8.40. The van der Waals surface area contributed by atoms with Crippen molar-refractivity contribution in [1.82, 2.24) is 14.9 Å². The van der Waals surface area contributed by atoms with Crippen molar-refractivity contribution in [3.63, 3.8) is 0 Å². The van der Waals surface area contributed by atoms with Gasteiger partial charge in [-0.2, -0.15) is 5.10 Å². The zero-order valence-corrected chi connectivity index (χ0v) is 20.0. The molecular weight excluding hydrogens is 446 g/mol. The number of aromatic amines is 1. The van der Waals surface area contributed by atoms with Gasteiger partial charge in [0.25, 0.3) is 0 Å². The van der Waals surface area contributed by atoms with Crippen LogP contribution in [0.3, 0.4) is 0 Å². The average molecular weight is 479 g/mol. The summed E-state index contributed by atoms with van der Waals surface area (Å²) in [7, 11) is 0. The van der Waals surface area contributed by atoms with Crippen LogP contribution in [0.15, 0.2) is 41.8 Å². The molecule has 2 aliphatic carbocycles. The van der Waals surface area contributed by atoms with Gasteiger partial charge in [0.1, 0.15) is 5.69 Å². The second-order valence-corrected chi connectivity index (χ2v) is 10.9. The molecule has 5 N–H and O–H groups in total. The van der Waals surface area contributed by atoms with Crippen molar-refractivity contribution in [2.75, 3.05) is 6.54 Å². The summed E-state index contributed by atoms with van der Waals surface area (Å²) in [6.45, 7) is 3.76. The molecule has 2 saturated carbocycles. The maximum Gasteiger partial charge on any atom is 0.249 e. The summed E-state index contributed by atoms with van der Waals surface area (Å²) in [5.74, 6) is 3.58. The highest BCUT2D eigenvalue weighted by molar-refractivity contribution is 5.95. The number of hydrazone groups is 1. The van der Waals surface area contributed by atoms with E-state index in [4.69, 9.17) is 11.6 Å². The number of nitrogens with zero attached hydrogens (tertiary/aromatic N) is 3. The number of piperidine rings is 1. The molecule has 1 saturated heterocycles. The lowest BCUT2D eigenvalue weighted by Gasteiger charge is -2.54. The highest BCUT2D eigenvalue weighted by Crippen LogP contribution is 2.60. The van der Waals surface area contributed by atoms with Crippen LogP contribution in [0.5, 0.6) is 0 Å². The number of aryl methyl sites for hydroxylation is 1. The monoisotopic (exact) mass is 478 g/mol. The number of rotatable bonds is 5. The largest absolute Gasteiger partial charge is 0.380 e. The number of alkyl halides is 2. The summed E-state index contributed by atoms with van der Waals surface area (Å²) in [5.41, 5.74) is 12.4. The van der Waals surface area contributed by atoms with Crippen LogP contribution in [0.1, 0.15) is 78.4 Å². The number of nitrogens with one attached hydrogen (secondary N) is 1. The number of aromatic nitrogens is 2. The number of halogens is 2. The van der Waals surface area contributed by atoms with Crippen LogP contribution in [0.4, 0.5) is 8.78 Å². The van der Waals surface area contributed by atoms with Crippen LogP contribution in [0, 0.1) is 12.3 Å². The highest BCUT2D eigenvalue weighted by atomic mass is 19.3. The number of hydrogen-bond donors (Lipinski definition) is 3. The normalized spacial score (nSPS) is 24.1. The molecule has 6 rings (SSSR count). The molecule has 1 aliphatic heterocycles. The minimum absolute atomic E-state index is 0.0114. The van der Waals surface area contributed by atoms with Gasteiger partial charge in [-0.25, -0.2) is 8.78 Å². The van der Waals surface area contributed by atoms with Crippen LogP contribution in [-0.2, 0) is 6.54 Å². The minimum atomic E-state index is -2.53. The lowest BCUT2D eigenvalue weighted by atomic mass is 9.59. The molecular formula is C27H32F2N6. The van der Waals surface area contributed by atoms with E-state index in [0.717, 1.165) is 25.1 Å².